The molecule has 62 heavy (non-hydrogen) atoms. The van der Waals surface area contributed by atoms with Crippen molar-refractivity contribution in [1.29, 1.82) is 0 Å². The maximum atomic E-state index is 2.56. The van der Waals surface area contributed by atoms with E-state index >= 15 is 0 Å². The number of allylic oxidation sites excluding steroid dienone is 4. The van der Waals surface area contributed by atoms with E-state index in [1.54, 1.807) is 0 Å². The van der Waals surface area contributed by atoms with Gasteiger partial charge in [-0.1, -0.05) is 151 Å². The molecule has 0 unspecified atom stereocenters. The van der Waals surface area contributed by atoms with Crippen LogP contribution in [0.5, 0.6) is 0 Å². The van der Waals surface area contributed by atoms with Gasteiger partial charge in [-0.25, -0.2) is 0 Å². The Bertz CT molecular complexity index is 3890. The van der Waals surface area contributed by atoms with E-state index in [-0.39, 0.29) is 0 Å². The van der Waals surface area contributed by atoms with Crippen LogP contribution in [0, 0.1) is 13.8 Å². The quantitative estimate of drug-likeness (QED) is 0.156. The molecule has 0 saturated heterocycles. The number of hydrogen-bond donors (Lipinski definition) is 0. The van der Waals surface area contributed by atoms with E-state index in [9.17, 15) is 0 Å². The van der Waals surface area contributed by atoms with Crippen LogP contribution in [-0.4, -0.2) is 0 Å². The van der Waals surface area contributed by atoms with E-state index < -0.39 is 0 Å². The van der Waals surface area contributed by atoms with Gasteiger partial charge in [0.05, 0.1) is 0 Å². The minimum atomic E-state index is 1.11. The lowest BCUT2D eigenvalue weighted by Gasteiger charge is -2.21. The van der Waals surface area contributed by atoms with E-state index in [1.165, 1.54) is 153 Å². The second-order valence-electron chi connectivity index (χ2n) is 18.0. The highest BCUT2D eigenvalue weighted by atomic mass is 14.3. The summed E-state index contributed by atoms with van der Waals surface area (Å²) in [5.41, 5.74) is 16.0. The minimum absolute atomic E-state index is 1.11. The summed E-state index contributed by atoms with van der Waals surface area (Å²) in [6.45, 7) is 9.09. The minimum Gasteiger partial charge on any atom is -0.0807 e. The molecular weight excluding hydrogens is 745 g/mol. The fourth-order valence-electron chi connectivity index (χ4n) is 12.0. The standard InChI is InChI=1S/C62H44/c1-35-15-11-16-36(2)55(35)41-27-29-43-49(31-41)44-23-13-24-45-51-34-54-60-46(50(51)33-53(43)59(44)45)25-14-26-48(60)61-58(40-21-9-6-10-22-40)52-32-42(56-37(3)17-12-18-38(56)4)28-30-47(52)57(62(54)61)39-19-7-5-8-20-39/h5-11,13-17,19-34H,12,18H2,1-4H3. The Labute approximate surface area is 361 Å². The van der Waals surface area contributed by atoms with Gasteiger partial charge in [0.1, 0.15) is 0 Å². The molecule has 0 nitrogen and oxygen atoms in total. The van der Waals surface area contributed by atoms with Crippen molar-refractivity contribution in [2.24, 2.45) is 0 Å². The molecule has 0 amide bonds. The van der Waals surface area contributed by atoms with Crippen LogP contribution in [0.1, 0.15) is 43.4 Å². The Morgan fingerprint density at radius 3 is 1.48 bits per heavy atom. The van der Waals surface area contributed by atoms with Crippen molar-refractivity contribution in [1.82, 2.24) is 0 Å². The SMILES string of the molecule is CC1=CCCC(C)=C1c1ccc2c(-c3ccccc3)c3c4cc5c(cc6c7ccc(-c8c(C)cccc8C)cc7c7cccc5c76)c5cccc(c3c(-c3ccccc3)c2c1)c54. The van der Waals surface area contributed by atoms with Crippen molar-refractivity contribution in [2.75, 3.05) is 0 Å². The molecule has 0 spiro atoms. The largest absolute Gasteiger partial charge is 0.0807 e. The Kier molecular flexibility index (Phi) is 7.50. The number of aryl methyl sites for hydroxylation is 2. The van der Waals surface area contributed by atoms with Crippen molar-refractivity contribution in [3.05, 3.63) is 198 Å². The molecule has 0 atom stereocenters. The Morgan fingerprint density at radius 2 is 0.823 bits per heavy atom. The number of hydrogen-bond acceptors (Lipinski definition) is 0. The van der Waals surface area contributed by atoms with Crippen LogP contribution in [-0.2, 0) is 0 Å². The molecule has 13 rings (SSSR count). The molecule has 1 aliphatic rings. The second kappa shape index (κ2) is 13.1. The van der Waals surface area contributed by atoms with Gasteiger partial charge in [-0.2, -0.15) is 0 Å². The van der Waals surface area contributed by atoms with E-state index in [1.807, 2.05) is 0 Å². The fraction of sp³-hybridized carbons (Fsp3) is 0.0968. The van der Waals surface area contributed by atoms with Gasteiger partial charge in [-0.3, -0.25) is 0 Å². The molecule has 0 heteroatoms. The summed E-state index contributed by atoms with van der Waals surface area (Å²) in [5, 5.41) is 21.3. The van der Waals surface area contributed by atoms with Gasteiger partial charge in [0.15, 0.2) is 0 Å². The van der Waals surface area contributed by atoms with E-state index in [2.05, 4.69) is 198 Å². The van der Waals surface area contributed by atoms with E-state index in [4.69, 9.17) is 0 Å². The Balaban J connectivity index is 1.21. The Hall–Kier alpha value is -7.28. The zero-order chi connectivity index (χ0) is 41.4. The van der Waals surface area contributed by atoms with Crippen molar-refractivity contribution in [2.45, 2.75) is 40.5 Å². The van der Waals surface area contributed by atoms with Crippen LogP contribution in [0.2, 0.25) is 0 Å². The highest BCUT2D eigenvalue weighted by molar-refractivity contribution is 6.45. The predicted molar refractivity (Wildman–Crippen MR) is 270 cm³/mol. The maximum absolute atomic E-state index is 2.56. The van der Waals surface area contributed by atoms with Crippen LogP contribution in [0.3, 0.4) is 0 Å². The topological polar surface area (TPSA) is 0 Å². The molecule has 1 aliphatic carbocycles. The van der Waals surface area contributed by atoms with E-state index in [0.717, 1.165) is 12.8 Å². The van der Waals surface area contributed by atoms with Gasteiger partial charge in [0.25, 0.3) is 0 Å². The highest BCUT2D eigenvalue weighted by Crippen LogP contribution is 2.54. The molecular formula is C62H44. The first-order valence-corrected chi connectivity index (χ1v) is 22.2. The van der Waals surface area contributed by atoms with Crippen molar-refractivity contribution in [3.8, 4) is 33.4 Å². The van der Waals surface area contributed by atoms with Crippen LogP contribution >= 0.6 is 0 Å². The first-order valence-electron chi connectivity index (χ1n) is 22.2. The molecule has 0 saturated carbocycles. The summed E-state index contributed by atoms with van der Waals surface area (Å²) in [6, 6.07) is 62.7. The molecule has 0 radical (unpaired) electrons. The lowest BCUT2D eigenvalue weighted by molar-refractivity contribution is 0.953. The lowest BCUT2D eigenvalue weighted by Crippen LogP contribution is -1.98. The zero-order valence-corrected chi connectivity index (χ0v) is 35.6. The zero-order valence-electron chi connectivity index (χ0n) is 35.6. The average Bonchev–Trinajstić information content (AvgIpc) is 3.79. The van der Waals surface area contributed by atoms with Crippen LogP contribution in [0.15, 0.2) is 181 Å². The van der Waals surface area contributed by atoms with Crippen LogP contribution < -0.4 is 0 Å². The third-order valence-corrected chi connectivity index (χ3v) is 14.5. The smallest absolute Gasteiger partial charge is 0.000719 e. The molecule has 0 heterocycles. The second-order valence-corrected chi connectivity index (χ2v) is 18.0. The summed E-state index contributed by atoms with van der Waals surface area (Å²) < 4.78 is 0. The number of fused-ring (bicyclic) bond motifs is 10. The van der Waals surface area contributed by atoms with Gasteiger partial charge in [-0.15, -0.1) is 0 Å². The molecule has 0 fully saturated rings. The predicted octanol–water partition coefficient (Wildman–Crippen LogP) is 17.9. The summed E-state index contributed by atoms with van der Waals surface area (Å²) in [4.78, 5) is 0. The third-order valence-electron chi connectivity index (χ3n) is 14.5. The molecule has 0 aromatic heterocycles. The monoisotopic (exact) mass is 788 g/mol. The van der Waals surface area contributed by atoms with Gasteiger partial charge in [-0.05, 0) is 212 Å². The molecule has 292 valence electrons. The van der Waals surface area contributed by atoms with Gasteiger partial charge in [0.2, 0.25) is 0 Å². The van der Waals surface area contributed by atoms with Gasteiger partial charge in [0, 0.05) is 0 Å². The Morgan fingerprint density at radius 1 is 0.306 bits per heavy atom. The summed E-state index contributed by atoms with van der Waals surface area (Å²) >= 11 is 0. The first kappa shape index (κ1) is 35.5. The van der Waals surface area contributed by atoms with Crippen molar-refractivity contribution >= 4 is 91.8 Å². The summed E-state index contributed by atoms with van der Waals surface area (Å²) in [5.74, 6) is 0. The molecule has 0 aliphatic heterocycles. The third kappa shape index (κ3) is 4.84. The van der Waals surface area contributed by atoms with Gasteiger partial charge < -0.3 is 0 Å². The van der Waals surface area contributed by atoms with Crippen LogP contribution in [0.25, 0.3) is 125 Å². The summed E-state index contributed by atoms with van der Waals surface area (Å²) in [6.07, 6.45) is 4.65. The highest BCUT2D eigenvalue weighted by Gasteiger charge is 2.26. The average molecular weight is 789 g/mol. The van der Waals surface area contributed by atoms with Crippen LogP contribution in [0.4, 0.5) is 0 Å². The summed E-state index contributed by atoms with van der Waals surface area (Å²) in [7, 11) is 0. The molecule has 0 bridgehead atoms. The van der Waals surface area contributed by atoms with Crippen molar-refractivity contribution < 1.29 is 0 Å². The first-order chi connectivity index (χ1) is 30.4. The molecule has 12 aromatic rings. The fourth-order valence-corrected chi connectivity index (χ4v) is 12.0. The van der Waals surface area contributed by atoms with E-state index in [0.29, 0.717) is 0 Å². The molecule has 12 aromatic carbocycles. The lowest BCUT2D eigenvalue weighted by atomic mass is 9.83. The maximum Gasteiger partial charge on any atom is -0.000719 e. The number of benzene rings is 10. The molecule has 0 N–H and O–H groups in total. The van der Waals surface area contributed by atoms with Gasteiger partial charge >= 0.3 is 0 Å². The van der Waals surface area contributed by atoms with Crippen molar-refractivity contribution in [3.63, 3.8) is 0 Å². The normalized spacial score (nSPS) is 13.7. The number of rotatable bonds is 4.